The number of nitrogen functional groups attached to an aromatic ring is 1. The number of aryl methyl sites for hydroxylation is 1. The van der Waals surface area contributed by atoms with Crippen molar-refractivity contribution in [3.8, 4) is 11.3 Å². The molecule has 19 heavy (non-hydrogen) atoms. The Balaban J connectivity index is 2.59. The van der Waals surface area contributed by atoms with E-state index in [0.29, 0.717) is 11.7 Å². The summed E-state index contributed by atoms with van der Waals surface area (Å²) in [4.78, 5) is 4.70. The summed E-state index contributed by atoms with van der Waals surface area (Å²) in [5.41, 5.74) is 9.09. The molecule has 0 unspecified atom stereocenters. The first-order valence-corrected chi connectivity index (χ1v) is 6.95. The molecule has 0 aliphatic carbocycles. The second-order valence-corrected chi connectivity index (χ2v) is 5.47. The topological polar surface area (TPSA) is 43.8 Å². The number of hydrogen-bond acceptors (Lipinski definition) is 2. The molecule has 0 spiro atoms. The van der Waals surface area contributed by atoms with Crippen molar-refractivity contribution in [2.24, 2.45) is 0 Å². The highest BCUT2D eigenvalue weighted by Crippen LogP contribution is 2.31. The normalized spacial score (nSPS) is 11.3. The van der Waals surface area contributed by atoms with Crippen LogP contribution in [-0.4, -0.2) is 9.55 Å². The second kappa shape index (κ2) is 5.25. The summed E-state index contributed by atoms with van der Waals surface area (Å²) in [6.45, 7) is 9.14. The fraction of sp³-hybridized carbons (Fsp3) is 0.400. The van der Waals surface area contributed by atoms with Crippen LogP contribution in [0.4, 0.5) is 5.82 Å². The second-order valence-electron chi connectivity index (χ2n) is 5.07. The first-order valence-electron chi connectivity index (χ1n) is 6.58. The van der Waals surface area contributed by atoms with Crippen molar-refractivity contribution in [1.29, 1.82) is 0 Å². The third kappa shape index (κ3) is 2.47. The van der Waals surface area contributed by atoms with Crippen LogP contribution < -0.4 is 5.73 Å². The van der Waals surface area contributed by atoms with Crippen LogP contribution in [0.25, 0.3) is 11.3 Å². The first-order chi connectivity index (χ1) is 8.95. The molecule has 2 N–H and O–H groups in total. The largest absolute Gasteiger partial charge is 0.383 e. The molecule has 102 valence electrons. The van der Waals surface area contributed by atoms with Crippen LogP contribution in [0.1, 0.15) is 38.1 Å². The summed E-state index contributed by atoms with van der Waals surface area (Å²) in [6.07, 6.45) is 0. The van der Waals surface area contributed by atoms with Crippen molar-refractivity contribution in [1.82, 2.24) is 9.55 Å². The molecule has 0 fully saturated rings. The van der Waals surface area contributed by atoms with Gasteiger partial charge in [-0.3, -0.25) is 0 Å². The van der Waals surface area contributed by atoms with Gasteiger partial charge in [-0.15, -0.1) is 0 Å². The summed E-state index contributed by atoms with van der Waals surface area (Å²) >= 11 is 6.18. The molecule has 1 heterocycles. The van der Waals surface area contributed by atoms with Gasteiger partial charge in [0.2, 0.25) is 0 Å². The number of imidazole rings is 1. The van der Waals surface area contributed by atoms with Gasteiger partial charge in [-0.2, -0.15) is 0 Å². The minimum absolute atomic E-state index is 0.344. The average Bonchev–Trinajstić information content (AvgIpc) is 2.70. The Morgan fingerprint density at radius 2 is 2.05 bits per heavy atom. The Morgan fingerprint density at radius 1 is 1.37 bits per heavy atom. The lowest BCUT2D eigenvalue weighted by atomic mass is 10.1. The van der Waals surface area contributed by atoms with Crippen LogP contribution in [0.5, 0.6) is 0 Å². The maximum atomic E-state index is 6.23. The Hall–Kier alpha value is -1.48. The minimum atomic E-state index is 0.344. The molecule has 1 aromatic heterocycles. The van der Waals surface area contributed by atoms with E-state index in [1.54, 1.807) is 0 Å². The molecule has 3 nitrogen and oxygen atoms in total. The average molecular weight is 278 g/mol. The zero-order chi connectivity index (χ0) is 14.2. The number of anilines is 1. The van der Waals surface area contributed by atoms with Gasteiger partial charge in [0.05, 0.1) is 0 Å². The molecule has 2 aromatic rings. The number of benzene rings is 1. The number of halogens is 1. The summed E-state index contributed by atoms with van der Waals surface area (Å²) in [5, 5.41) is 0.744. The Kier molecular flexibility index (Phi) is 3.85. The lowest BCUT2D eigenvalue weighted by Crippen LogP contribution is -2.06. The zero-order valence-corrected chi connectivity index (χ0v) is 12.6. The standard InChI is InChI=1S/C15H20ClN3/c1-5-19-14(17)13(18-15(19)9(2)3)11-7-6-10(4)12(16)8-11/h6-9H,5,17H2,1-4H3. The van der Waals surface area contributed by atoms with Crippen LogP contribution in [0.3, 0.4) is 0 Å². The van der Waals surface area contributed by atoms with Gasteiger partial charge in [0.25, 0.3) is 0 Å². The molecular weight excluding hydrogens is 258 g/mol. The molecule has 0 saturated heterocycles. The van der Waals surface area contributed by atoms with Gasteiger partial charge in [-0.05, 0) is 25.5 Å². The molecule has 0 aliphatic heterocycles. The predicted molar refractivity (Wildman–Crippen MR) is 81.6 cm³/mol. The van der Waals surface area contributed by atoms with E-state index in [1.807, 2.05) is 25.1 Å². The van der Waals surface area contributed by atoms with E-state index in [0.717, 1.165) is 34.2 Å². The molecule has 4 heteroatoms. The maximum Gasteiger partial charge on any atom is 0.131 e. The number of nitrogens with zero attached hydrogens (tertiary/aromatic N) is 2. The Bertz CT molecular complexity index is 600. The van der Waals surface area contributed by atoms with Crippen molar-refractivity contribution >= 4 is 17.4 Å². The quantitative estimate of drug-likeness (QED) is 0.912. The highest BCUT2D eigenvalue weighted by Gasteiger charge is 2.17. The van der Waals surface area contributed by atoms with Gasteiger partial charge in [0.15, 0.2) is 0 Å². The maximum absolute atomic E-state index is 6.23. The van der Waals surface area contributed by atoms with Gasteiger partial charge in [0, 0.05) is 23.0 Å². The number of rotatable bonds is 3. The summed E-state index contributed by atoms with van der Waals surface area (Å²) in [7, 11) is 0. The monoisotopic (exact) mass is 277 g/mol. The van der Waals surface area contributed by atoms with E-state index in [1.165, 1.54) is 0 Å². The number of nitrogens with two attached hydrogens (primary N) is 1. The van der Waals surface area contributed by atoms with Crippen LogP contribution in [-0.2, 0) is 6.54 Å². The zero-order valence-electron chi connectivity index (χ0n) is 11.9. The van der Waals surface area contributed by atoms with E-state index in [-0.39, 0.29) is 0 Å². The van der Waals surface area contributed by atoms with Gasteiger partial charge >= 0.3 is 0 Å². The van der Waals surface area contributed by atoms with E-state index >= 15 is 0 Å². The van der Waals surface area contributed by atoms with E-state index in [4.69, 9.17) is 22.3 Å². The molecule has 0 saturated carbocycles. The van der Waals surface area contributed by atoms with Crippen LogP contribution in [0, 0.1) is 6.92 Å². The van der Waals surface area contributed by atoms with Crippen molar-refractivity contribution < 1.29 is 0 Å². The Morgan fingerprint density at radius 3 is 2.53 bits per heavy atom. The molecule has 1 aromatic carbocycles. The van der Waals surface area contributed by atoms with Crippen LogP contribution >= 0.6 is 11.6 Å². The fourth-order valence-electron chi connectivity index (χ4n) is 2.21. The van der Waals surface area contributed by atoms with Gasteiger partial charge in [0.1, 0.15) is 17.3 Å². The third-order valence-corrected chi connectivity index (χ3v) is 3.72. The lowest BCUT2D eigenvalue weighted by Gasteiger charge is -2.08. The van der Waals surface area contributed by atoms with Crippen molar-refractivity contribution in [2.45, 2.75) is 40.2 Å². The SMILES string of the molecule is CCn1c(C(C)C)nc(-c2ccc(C)c(Cl)c2)c1N. The highest BCUT2D eigenvalue weighted by atomic mass is 35.5. The highest BCUT2D eigenvalue weighted by molar-refractivity contribution is 6.31. The molecule has 0 bridgehead atoms. The van der Waals surface area contributed by atoms with E-state index in [2.05, 4.69) is 25.3 Å². The minimum Gasteiger partial charge on any atom is -0.383 e. The molecule has 2 rings (SSSR count). The smallest absolute Gasteiger partial charge is 0.131 e. The van der Waals surface area contributed by atoms with Crippen LogP contribution in [0.15, 0.2) is 18.2 Å². The number of aromatic nitrogens is 2. The summed E-state index contributed by atoms with van der Waals surface area (Å²) in [6, 6.07) is 5.95. The first kappa shape index (κ1) is 13.9. The molecule has 0 aliphatic rings. The third-order valence-electron chi connectivity index (χ3n) is 3.31. The predicted octanol–water partition coefficient (Wildman–Crippen LogP) is 4.24. The van der Waals surface area contributed by atoms with Gasteiger partial charge in [-0.1, -0.05) is 37.6 Å². The Labute approximate surface area is 119 Å². The van der Waals surface area contributed by atoms with Crippen molar-refractivity contribution in [3.05, 3.63) is 34.6 Å². The van der Waals surface area contributed by atoms with E-state index < -0.39 is 0 Å². The van der Waals surface area contributed by atoms with Crippen LogP contribution in [0.2, 0.25) is 5.02 Å². The number of hydrogen-bond donors (Lipinski definition) is 1. The van der Waals surface area contributed by atoms with Crippen molar-refractivity contribution in [2.75, 3.05) is 5.73 Å². The molecule has 0 radical (unpaired) electrons. The molecule has 0 amide bonds. The van der Waals surface area contributed by atoms with E-state index in [9.17, 15) is 0 Å². The molecule has 0 atom stereocenters. The summed E-state index contributed by atoms with van der Waals surface area (Å²) < 4.78 is 2.06. The summed E-state index contributed by atoms with van der Waals surface area (Å²) in [5.74, 6) is 2.08. The lowest BCUT2D eigenvalue weighted by molar-refractivity contribution is 0.658. The van der Waals surface area contributed by atoms with Gasteiger partial charge in [-0.25, -0.2) is 4.98 Å². The molecular formula is C15H20ClN3. The van der Waals surface area contributed by atoms with Crippen molar-refractivity contribution in [3.63, 3.8) is 0 Å². The van der Waals surface area contributed by atoms with Gasteiger partial charge < -0.3 is 10.3 Å². The fourth-order valence-corrected chi connectivity index (χ4v) is 2.39.